The minimum atomic E-state index is -0.355. The number of amides is 2. The number of hydrogen-bond acceptors (Lipinski definition) is 4. The fourth-order valence-corrected chi connectivity index (χ4v) is 4.89. The first-order valence-corrected chi connectivity index (χ1v) is 11.3. The highest BCUT2D eigenvalue weighted by Gasteiger charge is 2.26. The van der Waals surface area contributed by atoms with E-state index < -0.39 is 0 Å². The van der Waals surface area contributed by atoms with E-state index in [2.05, 4.69) is 23.1 Å². The lowest BCUT2D eigenvalue weighted by atomic mass is 9.84. The second kappa shape index (κ2) is 9.75. The number of carbonyl (C=O) groups is 2. The van der Waals surface area contributed by atoms with Crippen LogP contribution in [0.15, 0.2) is 24.3 Å². The monoisotopic (exact) mass is 411 g/mol. The molecule has 1 aromatic carbocycles. The highest BCUT2D eigenvalue weighted by Crippen LogP contribution is 2.34. The Morgan fingerprint density at radius 1 is 1.07 bits per heavy atom. The first-order valence-electron chi connectivity index (χ1n) is 11.3. The maximum Gasteiger partial charge on any atom is 0.249 e. The van der Waals surface area contributed by atoms with Crippen molar-refractivity contribution in [3.63, 3.8) is 0 Å². The van der Waals surface area contributed by atoms with Crippen LogP contribution >= 0.6 is 0 Å². The number of likely N-dealkylation sites (tertiary alicyclic amines) is 1. The molecule has 0 unspecified atom stereocenters. The third-order valence-electron chi connectivity index (χ3n) is 6.73. The molecular formula is C24H33N3O3. The number of hydrogen-bond donors (Lipinski definition) is 1. The van der Waals surface area contributed by atoms with E-state index >= 15 is 0 Å². The second-order valence-corrected chi connectivity index (χ2v) is 8.69. The van der Waals surface area contributed by atoms with Gasteiger partial charge in [-0.1, -0.05) is 18.2 Å². The number of morpholine rings is 1. The van der Waals surface area contributed by atoms with Gasteiger partial charge in [-0.3, -0.25) is 14.5 Å². The number of rotatable bonds is 5. The molecule has 2 heterocycles. The summed E-state index contributed by atoms with van der Waals surface area (Å²) in [6.07, 6.45) is 8.65. The number of nitrogens with zero attached hydrogens (tertiary/aromatic N) is 2. The van der Waals surface area contributed by atoms with Gasteiger partial charge in [0, 0.05) is 31.7 Å². The van der Waals surface area contributed by atoms with Gasteiger partial charge < -0.3 is 15.4 Å². The molecular weight excluding hydrogens is 378 g/mol. The van der Waals surface area contributed by atoms with Crippen LogP contribution in [-0.4, -0.2) is 67.6 Å². The number of ether oxygens (including phenoxy) is 1. The fourth-order valence-electron chi connectivity index (χ4n) is 4.89. The van der Waals surface area contributed by atoms with Crippen LogP contribution < -0.4 is 5.73 Å². The van der Waals surface area contributed by atoms with Crippen LogP contribution in [0.3, 0.4) is 0 Å². The van der Waals surface area contributed by atoms with Gasteiger partial charge in [0.1, 0.15) is 0 Å². The van der Waals surface area contributed by atoms with E-state index in [0.29, 0.717) is 18.0 Å². The molecule has 0 radical (unpaired) electrons. The van der Waals surface area contributed by atoms with Gasteiger partial charge in [-0.2, -0.15) is 0 Å². The lowest BCUT2D eigenvalue weighted by Crippen LogP contribution is -2.46. The third-order valence-corrected chi connectivity index (χ3v) is 6.73. The topological polar surface area (TPSA) is 75.9 Å². The lowest BCUT2D eigenvalue weighted by molar-refractivity contribution is -0.134. The van der Waals surface area contributed by atoms with Crippen molar-refractivity contribution in [1.29, 1.82) is 0 Å². The van der Waals surface area contributed by atoms with Gasteiger partial charge in [-0.05, 0) is 67.2 Å². The summed E-state index contributed by atoms with van der Waals surface area (Å²) in [6.45, 7) is 5.21. The fraction of sp³-hybridized carbons (Fsp3) is 0.583. The summed E-state index contributed by atoms with van der Waals surface area (Å²) in [5, 5.41) is 0. The summed E-state index contributed by atoms with van der Waals surface area (Å²) >= 11 is 0. The van der Waals surface area contributed by atoms with Gasteiger partial charge in [0.05, 0.1) is 19.8 Å². The predicted octanol–water partition coefficient (Wildman–Crippen LogP) is 2.78. The molecule has 30 heavy (non-hydrogen) atoms. The van der Waals surface area contributed by atoms with E-state index in [4.69, 9.17) is 10.5 Å². The molecule has 0 bridgehead atoms. The van der Waals surface area contributed by atoms with Gasteiger partial charge in [-0.15, -0.1) is 0 Å². The molecule has 6 heteroatoms. The predicted molar refractivity (Wildman–Crippen MR) is 117 cm³/mol. The van der Waals surface area contributed by atoms with Crippen molar-refractivity contribution in [1.82, 2.24) is 9.80 Å². The summed E-state index contributed by atoms with van der Waals surface area (Å²) in [4.78, 5) is 28.8. The second-order valence-electron chi connectivity index (χ2n) is 8.69. The average Bonchev–Trinajstić information content (AvgIpc) is 2.80. The van der Waals surface area contributed by atoms with Gasteiger partial charge >= 0.3 is 0 Å². The van der Waals surface area contributed by atoms with Crippen LogP contribution in [0.2, 0.25) is 0 Å². The number of nitrogens with two attached hydrogens (primary N) is 1. The first-order chi connectivity index (χ1) is 14.6. The van der Waals surface area contributed by atoms with Crippen molar-refractivity contribution in [3.05, 3.63) is 41.0 Å². The minimum Gasteiger partial charge on any atom is -0.379 e. The van der Waals surface area contributed by atoms with E-state index in [1.807, 2.05) is 11.0 Å². The Balaban J connectivity index is 1.41. The van der Waals surface area contributed by atoms with Gasteiger partial charge in [-0.25, -0.2) is 0 Å². The van der Waals surface area contributed by atoms with Gasteiger partial charge in [0.2, 0.25) is 11.8 Å². The molecule has 2 N–H and O–H groups in total. The number of piperidine rings is 1. The SMILES string of the molecule is NC(=O)c1ccc(C2CCN(C(=O)CN3CCOCC3)CC2)cc1C1=CCCCC1. The van der Waals surface area contributed by atoms with Crippen LogP contribution in [0.4, 0.5) is 0 Å². The van der Waals surface area contributed by atoms with Gasteiger partial charge in [0.15, 0.2) is 0 Å². The Morgan fingerprint density at radius 3 is 2.50 bits per heavy atom. The molecule has 0 aromatic heterocycles. The summed E-state index contributed by atoms with van der Waals surface area (Å²) in [6, 6.07) is 6.15. The summed E-state index contributed by atoms with van der Waals surface area (Å²) < 4.78 is 5.37. The molecule has 162 valence electrons. The molecule has 3 aliphatic rings. The molecule has 2 fully saturated rings. The lowest BCUT2D eigenvalue weighted by Gasteiger charge is -2.34. The Bertz CT molecular complexity index is 806. The summed E-state index contributed by atoms with van der Waals surface area (Å²) in [7, 11) is 0. The smallest absolute Gasteiger partial charge is 0.249 e. The summed E-state index contributed by atoms with van der Waals surface area (Å²) in [5.74, 6) is 0.293. The molecule has 2 saturated heterocycles. The minimum absolute atomic E-state index is 0.229. The number of primary amides is 1. The molecule has 2 amide bonds. The van der Waals surface area contributed by atoms with Crippen molar-refractivity contribution in [2.75, 3.05) is 45.9 Å². The molecule has 1 aromatic rings. The van der Waals surface area contributed by atoms with Crippen molar-refractivity contribution < 1.29 is 14.3 Å². The average molecular weight is 412 g/mol. The standard InChI is InChI=1S/C24H33N3O3/c25-24(29)21-7-6-20(16-22(21)19-4-2-1-3-5-19)18-8-10-27(11-9-18)23(28)17-26-12-14-30-15-13-26/h4,6-7,16,18H,1-3,5,8-15,17H2,(H2,25,29). The highest BCUT2D eigenvalue weighted by molar-refractivity contribution is 5.98. The van der Waals surface area contributed by atoms with E-state index in [1.165, 1.54) is 17.6 Å². The van der Waals surface area contributed by atoms with Crippen molar-refractivity contribution in [2.45, 2.75) is 44.4 Å². The molecule has 2 aliphatic heterocycles. The van der Waals surface area contributed by atoms with Crippen LogP contribution in [-0.2, 0) is 9.53 Å². The Morgan fingerprint density at radius 2 is 1.83 bits per heavy atom. The van der Waals surface area contributed by atoms with Gasteiger partial charge in [0.25, 0.3) is 0 Å². The zero-order valence-corrected chi connectivity index (χ0v) is 17.8. The Labute approximate surface area is 179 Å². The number of allylic oxidation sites excluding steroid dienone is 2. The maximum absolute atomic E-state index is 12.7. The molecule has 0 atom stereocenters. The van der Waals surface area contributed by atoms with Crippen molar-refractivity contribution in [3.8, 4) is 0 Å². The highest BCUT2D eigenvalue weighted by atomic mass is 16.5. The largest absolute Gasteiger partial charge is 0.379 e. The molecule has 0 saturated carbocycles. The van der Waals surface area contributed by atoms with E-state index in [9.17, 15) is 9.59 Å². The molecule has 0 spiro atoms. The van der Waals surface area contributed by atoms with Crippen LogP contribution in [0.1, 0.15) is 65.9 Å². The Hall–Kier alpha value is -2.18. The van der Waals surface area contributed by atoms with E-state index in [-0.39, 0.29) is 11.8 Å². The number of carbonyl (C=O) groups excluding carboxylic acids is 2. The first kappa shape index (κ1) is 21.1. The van der Waals surface area contributed by atoms with E-state index in [1.54, 1.807) is 0 Å². The molecule has 6 nitrogen and oxygen atoms in total. The zero-order chi connectivity index (χ0) is 20.9. The molecule has 1 aliphatic carbocycles. The zero-order valence-electron chi connectivity index (χ0n) is 17.8. The van der Waals surface area contributed by atoms with E-state index in [0.717, 1.165) is 77.1 Å². The normalized spacial score (nSPS) is 21.3. The van der Waals surface area contributed by atoms with Crippen LogP contribution in [0.25, 0.3) is 5.57 Å². The van der Waals surface area contributed by atoms with Crippen molar-refractivity contribution >= 4 is 17.4 Å². The molecule has 4 rings (SSSR count). The third kappa shape index (κ3) is 4.93. The maximum atomic E-state index is 12.7. The van der Waals surface area contributed by atoms with Crippen LogP contribution in [0.5, 0.6) is 0 Å². The van der Waals surface area contributed by atoms with Crippen LogP contribution in [0, 0.1) is 0 Å². The number of benzene rings is 1. The Kier molecular flexibility index (Phi) is 6.85. The summed E-state index contributed by atoms with van der Waals surface area (Å²) in [5.41, 5.74) is 9.83. The quantitative estimate of drug-likeness (QED) is 0.808. The van der Waals surface area contributed by atoms with Crippen molar-refractivity contribution in [2.24, 2.45) is 5.73 Å².